The van der Waals surface area contributed by atoms with Gasteiger partial charge in [-0.3, -0.25) is 4.79 Å². The van der Waals surface area contributed by atoms with Crippen LogP contribution >= 0.6 is 0 Å². The summed E-state index contributed by atoms with van der Waals surface area (Å²) in [5, 5.41) is 0. The number of likely N-dealkylation sites (tertiary alicyclic amines) is 1. The van der Waals surface area contributed by atoms with Crippen LogP contribution in [0.1, 0.15) is 71.6 Å². The number of hydrogen-bond acceptors (Lipinski definition) is 2. The molecule has 1 heterocycles. The molecule has 1 aliphatic carbocycles. The Labute approximate surface area is 124 Å². The Morgan fingerprint density at radius 2 is 1.95 bits per heavy atom. The van der Waals surface area contributed by atoms with Gasteiger partial charge in [0, 0.05) is 18.0 Å². The van der Waals surface area contributed by atoms with Crippen molar-refractivity contribution in [1.29, 1.82) is 0 Å². The monoisotopic (exact) mass is 280 g/mol. The van der Waals surface area contributed by atoms with E-state index in [1.807, 2.05) is 0 Å². The van der Waals surface area contributed by atoms with Crippen molar-refractivity contribution in [2.75, 3.05) is 13.1 Å². The molecule has 0 spiro atoms. The molecule has 0 aromatic carbocycles. The lowest BCUT2D eigenvalue weighted by molar-refractivity contribution is -0.147. The number of rotatable bonds is 5. The van der Waals surface area contributed by atoms with Gasteiger partial charge in [0.05, 0.1) is 0 Å². The summed E-state index contributed by atoms with van der Waals surface area (Å²) in [7, 11) is 0. The summed E-state index contributed by atoms with van der Waals surface area (Å²) in [4.78, 5) is 15.4. The first kappa shape index (κ1) is 15.8. The second-order valence-electron chi connectivity index (χ2n) is 7.31. The summed E-state index contributed by atoms with van der Waals surface area (Å²) < 4.78 is 0. The SMILES string of the molecule is CC(C)CC1(C(=O)N2CCCCC2CCN)CCCC1. The zero-order valence-electron chi connectivity index (χ0n) is 13.4. The summed E-state index contributed by atoms with van der Waals surface area (Å²) in [6, 6.07) is 0.408. The maximum Gasteiger partial charge on any atom is 0.229 e. The molecule has 3 heteroatoms. The van der Waals surface area contributed by atoms with E-state index in [2.05, 4.69) is 18.7 Å². The largest absolute Gasteiger partial charge is 0.339 e. The minimum absolute atomic E-state index is 0.0433. The fourth-order valence-corrected chi connectivity index (χ4v) is 4.40. The molecular formula is C17H32N2O. The fourth-order valence-electron chi connectivity index (χ4n) is 4.40. The zero-order chi connectivity index (χ0) is 14.6. The first-order valence-electron chi connectivity index (χ1n) is 8.60. The van der Waals surface area contributed by atoms with Crippen LogP contribution < -0.4 is 5.73 Å². The quantitative estimate of drug-likeness (QED) is 0.839. The van der Waals surface area contributed by atoms with Crippen LogP contribution in [0, 0.1) is 11.3 Å². The molecule has 1 amide bonds. The second-order valence-corrected chi connectivity index (χ2v) is 7.31. The van der Waals surface area contributed by atoms with E-state index in [1.54, 1.807) is 0 Å². The molecule has 1 aliphatic heterocycles. The molecule has 1 atom stereocenters. The Morgan fingerprint density at radius 1 is 1.25 bits per heavy atom. The van der Waals surface area contributed by atoms with Crippen molar-refractivity contribution in [1.82, 2.24) is 4.90 Å². The van der Waals surface area contributed by atoms with E-state index in [0.717, 1.165) is 38.6 Å². The Hall–Kier alpha value is -0.570. The molecular weight excluding hydrogens is 248 g/mol. The van der Waals surface area contributed by atoms with Gasteiger partial charge in [-0.2, -0.15) is 0 Å². The first-order chi connectivity index (χ1) is 9.59. The van der Waals surface area contributed by atoms with Crippen LogP contribution in [0.3, 0.4) is 0 Å². The minimum Gasteiger partial charge on any atom is -0.339 e. The molecule has 0 radical (unpaired) electrons. The molecule has 2 aliphatic rings. The Kier molecular flexibility index (Phi) is 5.48. The van der Waals surface area contributed by atoms with Crippen LogP contribution in [0.25, 0.3) is 0 Å². The van der Waals surface area contributed by atoms with Crippen LogP contribution in [0.15, 0.2) is 0 Å². The highest BCUT2D eigenvalue weighted by Crippen LogP contribution is 2.45. The van der Waals surface area contributed by atoms with Gasteiger partial charge in [-0.05, 0) is 57.4 Å². The van der Waals surface area contributed by atoms with E-state index < -0.39 is 0 Å². The van der Waals surface area contributed by atoms with Gasteiger partial charge in [-0.1, -0.05) is 26.7 Å². The van der Waals surface area contributed by atoms with Crippen molar-refractivity contribution in [3.63, 3.8) is 0 Å². The Morgan fingerprint density at radius 3 is 2.55 bits per heavy atom. The van der Waals surface area contributed by atoms with Gasteiger partial charge < -0.3 is 10.6 Å². The van der Waals surface area contributed by atoms with Gasteiger partial charge in [0.1, 0.15) is 0 Å². The summed E-state index contributed by atoms with van der Waals surface area (Å²) in [5.74, 6) is 1.07. The van der Waals surface area contributed by atoms with Crippen LogP contribution in [0.4, 0.5) is 0 Å². The van der Waals surface area contributed by atoms with E-state index >= 15 is 0 Å². The highest BCUT2D eigenvalue weighted by molar-refractivity contribution is 5.83. The smallest absolute Gasteiger partial charge is 0.229 e. The highest BCUT2D eigenvalue weighted by atomic mass is 16.2. The lowest BCUT2D eigenvalue weighted by atomic mass is 9.76. The third kappa shape index (κ3) is 3.36. The summed E-state index contributed by atoms with van der Waals surface area (Å²) in [6.07, 6.45) is 10.3. The van der Waals surface area contributed by atoms with Gasteiger partial charge in [-0.15, -0.1) is 0 Å². The van der Waals surface area contributed by atoms with Crippen LogP contribution in [0.2, 0.25) is 0 Å². The molecule has 0 bridgehead atoms. The molecule has 3 nitrogen and oxygen atoms in total. The predicted molar refractivity (Wildman–Crippen MR) is 83.4 cm³/mol. The molecule has 20 heavy (non-hydrogen) atoms. The number of hydrogen-bond donors (Lipinski definition) is 1. The van der Waals surface area contributed by atoms with Gasteiger partial charge >= 0.3 is 0 Å². The van der Waals surface area contributed by atoms with Crippen molar-refractivity contribution in [2.45, 2.75) is 77.7 Å². The second kappa shape index (κ2) is 6.93. The number of nitrogens with two attached hydrogens (primary N) is 1. The van der Waals surface area contributed by atoms with E-state index in [-0.39, 0.29) is 5.41 Å². The number of piperidine rings is 1. The Balaban J connectivity index is 2.13. The molecule has 1 saturated carbocycles. The fraction of sp³-hybridized carbons (Fsp3) is 0.941. The number of carbonyl (C=O) groups excluding carboxylic acids is 1. The van der Waals surface area contributed by atoms with Crippen LogP contribution in [-0.4, -0.2) is 29.9 Å². The number of nitrogens with zero attached hydrogens (tertiary/aromatic N) is 1. The Bertz CT molecular complexity index is 319. The lowest BCUT2D eigenvalue weighted by Gasteiger charge is -2.42. The topological polar surface area (TPSA) is 46.3 Å². The third-order valence-electron chi connectivity index (χ3n) is 5.20. The van der Waals surface area contributed by atoms with E-state index in [9.17, 15) is 4.79 Å². The van der Waals surface area contributed by atoms with Crippen LogP contribution in [0.5, 0.6) is 0 Å². The minimum atomic E-state index is -0.0433. The van der Waals surface area contributed by atoms with Crippen molar-refractivity contribution in [3.8, 4) is 0 Å². The van der Waals surface area contributed by atoms with E-state index in [0.29, 0.717) is 24.4 Å². The predicted octanol–water partition coefficient (Wildman–Crippen LogP) is 3.32. The van der Waals surface area contributed by atoms with E-state index in [4.69, 9.17) is 5.73 Å². The molecule has 116 valence electrons. The van der Waals surface area contributed by atoms with Gasteiger partial charge in [0.25, 0.3) is 0 Å². The standard InChI is InChI=1S/C17H32N2O/c1-14(2)13-17(9-4-5-10-17)16(20)19-12-6-3-7-15(19)8-11-18/h14-15H,3-13,18H2,1-2H3. The van der Waals surface area contributed by atoms with E-state index in [1.165, 1.54) is 25.7 Å². The van der Waals surface area contributed by atoms with Gasteiger partial charge in [0.2, 0.25) is 5.91 Å². The number of amides is 1. The zero-order valence-corrected chi connectivity index (χ0v) is 13.4. The normalized spacial score (nSPS) is 26.2. The molecule has 2 rings (SSSR count). The maximum absolute atomic E-state index is 13.2. The molecule has 0 aromatic rings. The molecule has 2 N–H and O–H groups in total. The maximum atomic E-state index is 13.2. The molecule has 0 aromatic heterocycles. The van der Waals surface area contributed by atoms with Crippen LogP contribution in [-0.2, 0) is 4.79 Å². The summed E-state index contributed by atoms with van der Waals surface area (Å²) in [6.45, 7) is 6.16. The number of carbonyl (C=O) groups is 1. The first-order valence-corrected chi connectivity index (χ1v) is 8.60. The average molecular weight is 280 g/mol. The lowest BCUT2D eigenvalue weighted by Crippen LogP contribution is -2.51. The van der Waals surface area contributed by atoms with Crippen molar-refractivity contribution in [2.24, 2.45) is 17.1 Å². The van der Waals surface area contributed by atoms with Gasteiger partial charge in [0.15, 0.2) is 0 Å². The molecule has 1 saturated heterocycles. The average Bonchev–Trinajstić information content (AvgIpc) is 2.88. The third-order valence-corrected chi connectivity index (χ3v) is 5.20. The van der Waals surface area contributed by atoms with Crippen molar-refractivity contribution >= 4 is 5.91 Å². The summed E-state index contributed by atoms with van der Waals surface area (Å²) in [5.41, 5.74) is 5.71. The van der Waals surface area contributed by atoms with Crippen molar-refractivity contribution < 1.29 is 4.79 Å². The summed E-state index contributed by atoms with van der Waals surface area (Å²) >= 11 is 0. The van der Waals surface area contributed by atoms with Gasteiger partial charge in [-0.25, -0.2) is 0 Å². The molecule has 1 unspecified atom stereocenters. The van der Waals surface area contributed by atoms with Crippen molar-refractivity contribution in [3.05, 3.63) is 0 Å². The molecule has 2 fully saturated rings. The highest BCUT2D eigenvalue weighted by Gasteiger charge is 2.45.